The Labute approximate surface area is 171 Å². The predicted octanol–water partition coefficient (Wildman–Crippen LogP) is 1.50. The van der Waals surface area contributed by atoms with Crippen molar-refractivity contribution in [2.75, 3.05) is 49.6 Å². The van der Waals surface area contributed by atoms with Gasteiger partial charge >= 0.3 is 0 Å². The third-order valence-electron chi connectivity index (χ3n) is 5.70. The molecule has 1 aromatic carbocycles. The molecule has 29 heavy (non-hydrogen) atoms. The first-order chi connectivity index (χ1) is 14.1. The molecule has 1 atom stereocenters. The van der Waals surface area contributed by atoms with E-state index in [1.165, 1.54) is 5.69 Å². The number of anilines is 2. The number of rotatable bonds is 5. The predicted molar refractivity (Wildman–Crippen MR) is 113 cm³/mol. The van der Waals surface area contributed by atoms with E-state index in [1.807, 2.05) is 30.3 Å². The molecule has 7 heteroatoms. The molecule has 1 unspecified atom stereocenters. The average molecular weight is 393 g/mol. The molecule has 7 nitrogen and oxygen atoms in total. The van der Waals surface area contributed by atoms with Crippen molar-refractivity contribution in [2.24, 2.45) is 5.92 Å². The number of aromatic nitrogens is 1. The second-order valence-electron chi connectivity index (χ2n) is 7.75. The lowest BCUT2D eigenvalue weighted by Gasteiger charge is -2.34. The molecule has 1 N–H and O–H groups in total. The van der Waals surface area contributed by atoms with Crippen LogP contribution in [0.1, 0.15) is 12.1 Å². The molecular weight excluding hydrogens is 366 g/mol. The van der Waals surface area contributed by atoms with Crippen LogP contribution < -0.4 is 15.1 Å². The average Bonchev–Trinajstić information content (AvgIpc) is 3.15. The van der Waals surface area contributed by atoms with Crippen molar-refractivity contribution in [3.63, 3.8) is 0 Å². The zero-order valence-electron chi connectivity index (χ0n) is 16.8. The zero-order chi connectivity index (χ0) is 20.2. The standard InChI is InChI=1S/C22H27N5O2/c1-25-10-12-26(13-11-25)19-5-7-20(8-6-19)27-16-17(14-21(27)28)22(29)24-15-18-4-2-3-9-23-18/h2-9,17H,10-16H2,1H3,(H,24,29). The van der Waals surface area contributed by atoms with Crippen LogP contribution in [0.25, 0.3) is 0 Å². The van der Waals surface area contributed by atoms with Crippen molar-refractivity contribution in [3.05, 3.63) is 54.4 Å². The summed E-state index contributed by atoms with van der Waals surface area (Å²) in [5, 5.41) is 2.90. The first-order valence-corrected chi connectivity index (χ1v) is 10.1. The van der Waals surface area contributed by atoms with Crippen LogP contribution >= 0.6 is 0 Å². The molecule has 2 amide bonds. The van der Waals surface area contributed by atoms with Gasteiger partial charge in [0.2, 0.25) is 11.8 Å². The van der Waals surface area contributed by atoms with E-state index in [-0.39, 0.29) is 24.2 Å². The number of likely N-dealkylation sites (N-methyl/N-ethyl adjacent to an activating group) is 1. The van der Waals surface area contributed by atoms with Crippen molar-refractivity contribution >= 4 is 23.2 Å². The topological polar surface area (TPSA) is 68.8 Å². The van der Waals surface area contributed by atoms with Gasteiger partial charge in [0, 0.05) is 56.7 Å². The molecular formula is C22H27N5O2. The second kappa shape index (κ2) is 8.61. The van der Waals surface area contributed by atoms with Crippen molar-refractivity contribution < 1.29 is 9.59 Å². The van der Waals surface area contributed by atoms with Crippen LogP contribution in [0.2, 0.25) is 0 Å². The Hall–Kier alpha value is -2.93. The van der Waals surface area contributed by atoms with Gasteiger partial charge in [0.1, 0.15) is 0 Å². The van der Waals surface area contributed by atoms with Crippen LogP contribution in [0.15, 0.2) is 48.7 Å². The molecule has 3 heterocycles. The van der Waals surface area contributed by atoms with E-state index in [9.17, 15) is 9.59 Å². The summed E-state index contributed by atoms with van der Waals surface area (Å²) in [4.78, 5) is 35.6. The van der Waals surface area contributed by atoms with Gasteiger partial charge in [0.05, 0.1) is 18.2 Å². The third kappa shape index (κ3) is 4.56. The number of benzene rings is 1. The number of pyridine rings is 1. The summed E-state index contributed by atoms with van der Waals surface area (Å²) >= 11 is 0. The fourth-order valence-electron chi connectivity index (χ4n) is 3.87. The lowest BCUT2D eigenvalue weighted by molar-refractivity contribution is -0.126. The van der Waals surface area contributed by atoms with Gasteiger partial charge < -0.3 is 20.0 Å². The van der Waals surface area contributed by atoms with Gasteiger partial charge in [-0.2, -0.15) is 0 Å². The molecule has 2 aromatic rings. The summed E-state index contributed by atoms with van der Waals surface area (Å²) in [6, 6.07) is 13.7. The Morgan fingerprint density at radius 1 is 1.07 bits per heavy atom. The highest BCUT2D eigenvalue weighted by molar-refractivity contribution is 6.00. The molecule has 0 aliphatic carbocycles. The van der Waals surface area contributed by atoms with Gasteiger partial charge in [0.15, 0.2) is 0 Å². The van der Waals surface area contributed by atoms with Crippen molar-refractivity contribution in [1.29, 1.82) is 0 Å². The Morgan fingerprint density at radius 3 is 2.48 bits per heavy atom. The number of hydrogen-bond donors (Lipinski definition) is 1. The van der Waals surface area contributed by atoms with E-state index in [2.05, 4.69) is 39.3 Å². The molecule has 2 aliphatic rings. The summed E-state index contributed by atoms with van der Waals surface area (Å²) in [6.45, 7) is 4.93. The first-order valence-electron chi connectivity index (χ1n) is 10.1. The minimum absolute atomic E-state index is 0.00432. The first kappa shape index (κ1) is 19.4. The van der Waals surface area contributed by atoms with E-state index >= 15 is 0 Å². The maximum absolute atomic E-state index is 12.5. The molecule has 1 aromatic heterocycles. The quantitative estimate of drug-likeness (QED) is 0.834. The number of carbonyl (C=O) groups excluding carboxylic acids is 2. The number of nitrogens with zero attached hydrogens (tertiary/aromatic N) is 4. The Bertz CT molecular complexity index is 847. The van der Waals surface area contributed by atoms with Gasteiger partial charge in [-0.25, -0.2) is 0 Å². The van der Waals surface area contributed by atoms with E-state index in [0.29, 0.717) is 13.1 Å². The van der Waals surface area contributed by atoms with Crippen LogP contribution in [0.3, 0.4) is 0 Å². The highest BCUT2D eigenvalue weighted by Gasteiger charge is 2.35. The van der Waals surface area contributed by atoms with E-state index < -0.39 is 0 Å². The van der Waals surface area contributed by atoms with Crippen molar-refractivity contribution in [2.45, 2.75) is 13.0 Å². The Kier molecular flexibility index (Phi) is 5.76. The highest BCUT2D eigenvalue weighted by Crippen LogP contribution is 2.27. The van der Waals surface area contributed by atoms with E-state index in [4.69, 9.17) is 0 Å². The van der Waals surface area contributed by atoms with E-state index in [0.717, 1.165) is 37.6 Å². The summed E-state index contributed by atoms with van der Waals surface area (Å²) in [5.41, 5.74) is 2.84. The molecule has 2 fully saturated rings. The molecule has 0 saturated carbocycles. The molecule has 152 valence electrons. The minimum Gasteiger partial charge on any atom is -0.369 e. The summed E-state index contributed by atoms with van der Waals surface area (Å²) in [6.07, 6.45) is 1.95. The van der Waals surface area contributed by atoms with Gasteiger partial charge in [0.25, 0.3) is 0 Å². The largest absolute Gasteiger partial charge is 0.369 e. The number of amides is 2. The van der Waals surface area contributed by atoms with Crippen LogP contribution in [0.4, 0.5) is 11.4 Å². The molecule has 2 aliphatic heterocycles. The molecule has 4 rings (SSSR count). The van der Waals surface area contributed by atoms with Gasteiger partial charge in [-0.15, -0.1) is 0 Å². The number of nitrogens with one attached hydrogen (secondary N) is 1. The molecule has 0 bridgehead atoms. The monoisotopic (exact) mass is 393 g/mol. The summed E-state index contributed by atoms with van der Waals surface area (Å²) < 4.78 is 0. The molecule has 0 spiro atoms. The minimum atomic E-state index is -0.330. The smallest absolute Gasteiger partial charge is 0.227 e. The van der Waals surface area contributed by atoms with Crippen LogP contribution in [-0.4, -0.2) is 61.5 Å². The maximum Gasteiger partial charge on any atom is 0.227 e. The SMILES string of the molecule is CN1CCN(c2ccc(N3CC(C(=O)NCc4ccccn4)CC3=O)cc2)CC1. The van der Waals surface area contributed by atoms with Crippen molar-refractivity contribution in [1.82, 2.24) is 15.2 Å². The summed E-state index contributed by atoms with van der Waals surface area (Å²) in [5.74, 6) is -0.431. The van der Waals surface area contributed by atoms with Gasteiger partial charge in [-0.3, -0.25) is 14.6 Å². The van der Waals surface area contributed by atoms with Crippen LogP contribution in [0, 0.1) is 5.92 Å². The third-order valence-corrected chi connectivity index (χ3v) is 5.70. The maximum atomic E-state index is 12.5. The van der Waals surface area contributed by atoms with Crippen molar-refractivity contribution in [3.8, 4) is 0 Å². The van der Waals surface area contributed by atoms with Crippen LogP contribution in [0.5, 0.6) is 0 Å². The Morgan fingerprint density at radius 2 is 1.79 bits per heavy atom. The highest BCUT2D eigenvalue weighted by atomic mass is 16.2. The normalized spacial score (nSPS) is 20.2. The molecule has 0 radical (unpaired) electrons. The second-order valence-corrected chi connectivity index (χ2v) is 7.75. The number of carbonyl (C=O) groups is 2. The molecule has 2 saturated heterocycles. The fraction of sp³-hybridized carbons (Fsp3) is 0.409. The van der Waals surface area contributed by atoms with Crippen LogP contribution in [-0.2, 0) is 16.1 Å². The zero-order valence-corrected chi connectivity index (χ0v) is 16.8. The number of hydrogen-bond acceptors (Lipinski definition) is 5. The lowest BCUT2D eigenvalue weighted by Crippen LogP contribution is -2.44. The lowest BCUT2D eigenvalue weighted by atomic mass is 10.1. The van der Waals surface area contributed by atoms with E-state index in [1.54, 1.807) is 11.1 Å². The summed E-state index contributed by atoms with van der Waals surface area (Å²) in [7, 11) is 2.14. The van der Waals surface area contributed by atoms with Gasteiger partial charge in [-0.1, -0.05) is 6.07 Å². The Balaban J connectivity index is 1.34. The van der Waals surface area contributed by atoms with Gasteiger partial charge in [-0.05, 0) is 43.4 Å². The fourth-order valence-corrected chi connectivity index (χ4v) is 3.87. The number of piperazine rings is 1.